The topological polar surface area (TPSA) is 52.1 Å². The molecule has 4 heteroatoms. The quantitative estimate of drug-likeness (QED) is 0.165. The molecule has 14 aromatic rings. The van der Waals surface area contributed by atoms with Crippen LogP contribution in [0.1, 0.15) is 49.9 Å². The van der Waals surface area contributed by atoms with Gasteiger partial charge in [0.25, 0.3) is 0 Å². The first kappa shape index (κ1) is 41.5. The zero-order valence-corrected chi connectivity index (χ0v) is 41.3. The lowest BCUT2D eigenvalue weighted by Crippen LogP contribution is -2.14. The molecule has 0 unspecified atom stereocenters. The Balaban J connectivity index is 0.905. The van der Waals surface area contributed by atoms with Crippen molar-refractivity contribution >= 4 is 76.5 Å². The van der Waals surface area contributed by atoms with Crippen LogP contribution >= 0.6 is 0 Å². The number of nitrogens with zero attached hydrogens (tertiary/aromatic N) is 2. The Kier molecular flexibility index (Phi) is 8.27. The summed E-state index contributed by atoms with van der Waals surface area (Å²) in [6.45, 7) is 9.37. The fourth-order valence-corrected chi connectivity index (χ4v) is 13.2. The predicted octanol–water partition coefficient (Wildman–Crippen LogP) is 19.0. The molecule has 348 valence electrons. The van der Waals surface area contributed by atoms with Gasteiger partial charge in [0.15, 0.2) is 0 Å². The molecule has 11 aromatic carbocycles. The van der Waals surface area contributed by atoms with E-state index >= 15 is 0 Å². The molecule has 3 heterocycles. The van der Waals surface area contributed by atoms with E-state index in [0.717, 1.165) is 99.2 Å². The molecule has 0 saturated carbocycles. The SMILES string of the molecule is CC1(C)c2ccccc2-c2ccc(-c3ccc4oc5c(-c6cccc(-c7cnc8c9ccccc9c9ccccc9c8n7)c6)c6c(cc5c4c3)oc3ccc(-c4ccc5c(c4)C(C)(C)c4ccccc4-5)cc36)cc21. The molecule has 0 radical (unpaired) electrons. The summed E-state index contributed by atoms with van der Waals surface area (Å²) >= 11 is 0. The smallest absolute Gasteiger partial charge is 0.144 e. The molecular formula is C70H46N2O2. The molecule has 0 aliphatic heterocycles. The monoisotopic (exact) mass is 946 g/mol. The van der Waals surface area contributed by atoms with Gasteiger partial charge in [-0.2, -0.15) is 0 Å². The molecule has 3 aromatic heterocycles. The molecule has 0 bridgehead atoms. The van der Waals surface area contributed by atoms with E-state index in [4.69, 9.17) is 18.8 Å². The maximum atomic E-state index is 7.15. The summed E-state index contributed by atoms with van der Waals surface area (Å²) in [4.78, 5) is 10.6. The van der Waals surface area contributed by atoms with Crippen LogP contribution in [0.2, 0.25) is 0 Å². The first-order chi connectivity index (χ1) is 36.2. The van der Waals surface area contributed by atoms with Crippen LogP contribution in [0.15, 0.2) is 215 Å². The molecule has 2 aliphatic rings. The normalized spacial score (nSPS) is 14.2. The Morgan fingerprint density at radius 3 is 1.50 bits per heavy atom. The van der Waals surface area contributed by atoms with E-state index in [2.05, 4.69) is 228 Å². The minimum Gasteiger partial charge on any atom is -0.456 e. The van der Waals surface area contributed by atoms with E-state index in [1.165, 1.54) is 66.4 Å². The van der Waals surface area contributed by atoms with Gasteiger partial charge >= 0.3 is 0 Å². The lowest BCUT2D eigenvalue weighted by Gasteiger charge is -2.22. The van der Waals surface area contributed by atoms with Crippen LogP contribution in [0, 0.1) is 0 Å². The molecule has 4 nitrogen and oxygen atoms in total. The molecule has 0 spiro atoms. The van der Waals surface area contributed by atoms with Crippen molar-refractivity contribution in [3.8, 4) is 66.9 Å². The van der Waals surface area contributed by atoms with Crippen molar-refractivity contribution < 1.29 is 8.83 Å². The highest BCUT2D eigenvalue weighted by molar-refractivity contribution is 6.25. The van der Waals surface area contributed by atoms with E-state index < -0.39 is 0 Å². The first-order valence-electron chi connectivity index (χ1n) is 25.7. The van der Waals surface area contributed by atoms with E-state index in [0.29, 0.717) is 0 Å². The third-order valence-electron chi connectivity index (χ3n) is 16.9. The summed E-state index contributed by atoms with van der Waals surface area (Å²) in [5, 5.41) is 8.64. The summed E-state index contributed by atoms with van der Waals surface area (Å²) in [5.41, 5.74) is 24.0. The van der Waals surface area contributed by atoms with Crippen molar-refractivity contribution in [1.82, 2.24) is 9.97 Å². The van der Waals surface area contributed by atoms with Gasteiger partial charge < -0.3 is 8.83 Å². The summed E-state index contributed by atoms with van der Waals surface area (Å²) < 4.78 is 14.1. The van der Waals surface area contributed by atoms with E-state index in [1.54, 1.807) is 0 Å². The Labute approximate surface area is 427 Å². The maximum Gasteiger partial charge on any atom is 0.144 e. The Morgan fingerprint density at radius 1 is 0.338 bits per heavy atom. The number of aromatic nitrogens is 2. The number of hydrogen-bond donors (Lipinski definition) is 0. The molecule has 16 rings (SSSR count). The zero-order valence-electron chi connectivity index (χ0n) is 41.3. The van der Waals surface area contributed by atoms with Crippen LogP contribution in [0.3, 0.4) is 0 Å². The van der Waals surface area contributed by atoms with Crippen LogP contribution in [0.25, 0.3) is 143 Å². The standard InChI is InChI=1S/C70H46N2O2/c1-69(2)56-22-11-9-18-47(56)49-28-24-41(35-58(49)69)39-26-30-61-53(33-39)54-37-63-65(55-34-40(27-31-62(55)73-63)42-25-29-50-48-19-10-12-23-57(48)70(3,4)59(50)36-42)64(68(54)74-61)44-15-13-14-43(32-44)60-38-71-66-51-20-7-5-16-45(51)46-17-6-8-21-52(46)67(66)72-60/h5-38H,1-4H3. The van der Waals surface area contributed by atoms with Crippen molar-refractivity contribution in [2.45, 2.75) is 38.5 Å². The number of benzene rings is 11. The fraction of sp³-hybridized carbons (Fsp3) is 0.0857. The Bertz CT molecular complexity index is 4750. The maximum absolute atomic E-state index is 7.15. The van der Waals surface area contributed by atoms with Gasteiger partial charge in [0, 0.05) is 54.3 Å². The minimum absolute atomic E-state index is 0.103. The second-order valence-corrected chi connectivity index (χ2v) is 21.6. The highest BCUT2D eigenvalue weighted by Gasteiger charge is 2.37. The molecule has 74 heavy (non-hydrogen) atoms. The summed E-state index contributed by atoms with van der Waals surface area (Å²) in [7, 11) is 0. The molecule has 0 amide bonds. The van der Waals surface area contributed by atoms with E-state index in [1.807, 2.05) is 6.20 Å². The van der Waals surface area contributed by atoms with Crippen molar-refractivity contribution in [2.24, 2.45) is 0 Å². The zero-order chi connectivity index (χ0) is 49.2. The first-order valence-corrected chi connectivity index (χ1v) is 25.7. The summed E-state index contributed by atoms with van der Waals surface area (Å²) in [5.74, 6) is 0. The lowest BCUT2D eigenvalue weighted by atomic mass is 9.81. The van der Waals surface area contributed by atoms with E-state index in [-0.39, 0.29) is 10.8 Å². The van der Waals surface area contributed by atoms with Crippen molar-refractivity contribution in [3.63, 3.8) is 0 Å². The molecule has 0 N–H and O–H groups in total. The Hall–Kier alpha value is -9.12. The number of fused-ring (bicyclic) bond motifs is 18. The largest absolute Gasteiger partial charge is 0.456 e. The van der Waals surface area contributed by atoms with Gasteiger partial charge in [-0.05, 0) is 132 Å². The van der Waals surface area contributed by atoms with Crippen LogP contribution < -0.4 is 0 Å². The van der Waals surface area contributed by atoms with Crippen LogP contribution in [-0.2, 0) is 10.8 Å². The highest BCUT2D eigenvalue weighted by atomic mass is 16.3. The minimum atomic E-state index is -0.112. The van der Waals surface area contributed by atoms with Crippen molar-refractivity contribution in [2.75, 3.05) is 0 Å². The van der Waals surface area contributed by atoms with Gasteiger partial charge in [0.2, 0.25) is 0 Å². The molecule has 0 atom stereocenters. The van der Waals surface area contributed by atoms with Crippen LogP contribution in [0.4, 0.5) is 0 Å². The molecular weight excluding hydrogens is 901 g/mol. The number of rotatable bonds is 4. The summed E-state index contributed by atoms with van der Waals surface area (Å²) in [6.07, 6.45) is 1.93. The predicted molar refractivity (Wildman–Crippen MR) is 306 cm³/mol. The number of furan rings is 2. The van der Waals surface area contributed by atoms with Crippen LogP contribution in [0.5, 0.6) is 0 Å². The van der Waals surface area contributed by atoms with Crippen molar-refractivity contribution in [1.29, 1.82) is 0 Å². The second-order valence-electron chi connectivity index (χ2n) is 21.6. The number of hydrogen-bond acceptors (Lipinski definition) is 4. The third kappa shape index (κ3) is 5.68. The third-order valence-corrected chi connectivity index (χ3v) is 16.9. The van der Waals surface area contributed by atoms with Crippen molar-refractivity contribution in [3.05, 3.63) is 229 Å². The van der Waals surface area contributed by atoms with Gasteiger partial charge in [-0.1, -0.05) is 179 Å². The lowest BCUT2D eigenvalue weighted by molar-refractivity contribution is 0.660. The average molecular weight is 947 g/mol. The van der Waals surface area contributed by atoms with E-state index in [9.17, 15) is 0 Å². The highest BCUT2D eigenvalue weighted by Crippen LogP contribution is 2.52. The van der Waals surface area contributed by atoms with Gasteiger partial charge in [0.1, 0.15) is 22.3 Å². The molecule has 0 fully saturated rings. The van der Waals surface area contributed by atoms with Gasteiger partial charge in [-0.15, -0.1) is 0 Å². The van der Waals surface area contributed by atoms with Gasteiger partial charge in [-0.25, -0.2) is 4.98 Å². The second kappa shape index (κ2) is 14.7. The van der Waals surface area contributed by atoms with Gasteiger partial charge in [-0.3, -0.25) is 4.98 Å². The Morgan fingerprint density at radius 2 is 0.851 bits per heavy atom. The van der Waals surface area contributed by atoms with Gasteiger partial charge in [0.05, 0.1) is 22.9 Å². The molecule has 2 aliphatic carbocycles. The fourth-order valence-electron chi connectivity index (χ4n) is 13.2. The van der Waals surface area contributed by atoms with Crippen LogP contribution in [-0.4, -0.2) is 9.97 Å². The summed E-state index contributed by atoms with van der Waals surface area (Å²) in [6, 6.07) is 72.9. The molecule has 0 saturated heterocycles. The average Bonchev–Trinajstić information content (AvgIpc) is 4.16.